The third-order valence-electron chi connectivity index (χ3n) is 2.81. The minimum Gasteiger partial charge on any atom is -0.382 e. The van der Waals surface area contributed by atoms with Crippen molar-refractivity contribution in [1.29, 1.82) is 0 Å². The van der Waals surface area contributed by atoms with E-state index in [0.717, 1.165) is 0 Å². The largest absolute Gasteiger partial charge is 0.397 e. The first-order valence-corrected chi connectivity index (χ1v) is 9.08. The molecule has 0 aliphatic carbocycles. The van der Waals surface area contributed by atoms with Crippen LogP contribution in [-0.2, 0) is 43.4 Å². The Balaban J connectivity index is 3.21. The molecular formula is C10H18O12S2. The first-order chi connectivity index (χ1) is 11.0. The number of aliphatic hydroxyl groups excluding tert-OH is 1. The van der Waals surface area contributed by atoms with Crippen LogP contribution in [0.15, 0.2) is 12.7 Å². The van der Waals surface area contributed by atoms with Crippen LogP contribution in [0.1, 0.15) is 0 Å². The van der Waals surface area contributed by atoms with E-state index < -0.39 is 51.5 Å². The standard InChI is InChI=1S/C10H18O12S2/c1-3-4-19-8-7(21-23(12,13)14)6(5-18-2)20-10(11)9(8)22-24(15,16)17/h3,6-11H,1,4-5H2,2H3,(H,12,13,14)(H,15,16,17)/t6-,7-,8+,9+,10+/m1/s1. The molecular weight excluding hydrogens is 376 g/mol. The summed E-state index contributed by atoms with van der Waals surface area (Å²) >= 11 is 0. The molecule has 24 heavy (non-hydrogen) atoms. The van der Waals surface area contributed by atoms with Gasteiger partial charge in [0.1, 0.15) is 18.3 Å². The van der Waals surface area contributed by atoms with Gasteiger partial charge in [0.2, 0.25) is 0 Å². The first-order valence-electron chi connectivity index (χ1n) is 6.35. The second kappa shape index (κ2) is 8.61. The van der Waals surface area contributed by atoms with Crippen molar-refractivity contribution < 1.29 is 53.6 Å². The van der Waals surface area contributed by atoms with Crippen LogP contribution in [0.5, 0.6) is 0 Å². The van der Waals surface area contributed by atoms with Crippen LogP contribution in [0.2, 0.25) is 0 Å². The number of aliphatic hydroxyl groups is 1. The molecule has 0 aromatic heterocycles. The minimum absolute atomic E-state index is 0.228. The van der Waals surface area contributed by atoms with Crippen LogP contribution in [0.4, 0.5) is 0 Å². The second-order valence-electron chi connectivity index (χ2n) is 4.58. The van der Waals surface area contributed by atoms with Crippen LogP contribution >= 0.6 is 0 Å². The topological polar surface area (TPSA) is 175 Å². The molecule has 0 radical (unpaired) electrons. The van der Waals surface area contributed by atoms with Crippen molar-refractivity contribution in [1.82, 2.24) is 0 Å². The molecule has 0 bridgehead atoms. The van der Waals surface area contributed by atoms with Crippen LogP contribution in [0, 0.1) is 0 Å². The number of hydrogen-bond acceptors (Lipinski definition) is 10. The lowest BCUT2D eigenvalue weighted by Crippen LogP contribution is -2.62. The maximum atomic E-state index is 11.0. The van der Waals surface area contributed by atoms with Gasteiger partial charge in [0.05, 0.1) is 13.2 Å². The van der Waals surface area contributed by atoms with E-state index in [-0.39, 0.29) is 13.2 Å². The Morgan fingerprint density at radius 3 is 2.08 bits per heavy atom. The lowest BCUT2D eigenvalue weighted by atomic mass is 9.99. The molecule has 0 unspecified atom stereocenters. The van der Waals surface area contributed by atoms with E-state index in [1.54, 1.807) is 0 Å². The summed E-state index contributed by atoms with van der Waals surface area (Å²) in [6.07, 6.45) is -7.11. The van der Waals surface area contributed by atoms with Gasteiger partial charge in [-0.25, -0.2) is 8.37 Å². The molecule has 0 spiro atoms. The summed E-state index contributed by atoms with van der Waals surface area (Å²) in [5.41, 5.74) is 0. The quantitative estimate of drug-likeness (QED) is 0.299. The highest BCUT2D eigenvalue weighted by molar-refractivity contribution is 7.81. The van der Waals surface area contributed by atoms with Gasteiger partial charge < -0.3 is 19.3 Å². The van der Waals surface area contributed by atoms with Crippen molar-refractivity contribution >= 4 is 20.8 Å². The average Bonchev–Trinajstić information content (AvgIpc) is 2.40. The summed E-state index contributed by atoms with van der Waals surface area (Å²) in [6.45, 7) is 2.83. The van der Waals surface area contributed by atoms with Gasteiger partial charge in [0.25, 0.3) is 0 Å². The molecule has 5 atom stereocenters. The molecule has 1 aliphatic rings. The van der Waals surface area contributed by atoms with Crippen LogP contribution < -0.4 is 0 Å². The third-order valence-corrected chi connectivity index (χ3v) is 3.74. The molecule has 0 aromatic carbocycles. The van der Waals surface area contributed by atoms with Gasteiger partial charge in [-0.15, -0.1) is 6.58 Å². The van der Waals surface area contributed by atoms with E-state index in [2.05, 4.69) is 14.9 Å². The number of ether oxygens (including phenoxy) is 3. The summed E-state index contributed by atoms with van der Waals surface area (Å²) in [5.74, 6) is 0. The second-order valence-corrected chi connectivity index (χ2v) is 6.68. The number of methoxy groups -OCH3 is 1. The molecule has 0 aromatic rings. The highest BCUT2D eigenvalue weighted by Crippen LogP contribution is 2.29. The molecule has 1 heterocycles. The van der Waals surface area contributed by atoms with E-state index in [1.165, 1.54) is 13.2 Å². The summed E-state index contributed by atoms with van der Waals surface area (Å²) in [7, 11) is -8.83. The summed E-state index contributed by atoms with van der Waals surface area (Å²) in [4.78, 5) is 0. The first kappa shape index (κ1) is 21.4. The maximum Gasteiger partial charge on any atom is 0.397 e. The Hall–Kier alpha value is -0.680. The molecule has 1 rings (SSSR count). The van der Waals surface area contributed by atoms with Gasteiger partial charge in [-0.05, 0) is 0 Å². The van der Waals surface area contributed by atoms with Crippen molar-refractivity contribution in [2.75, 3.05) is 20.3 Å². The normalized spacial score (nSPS) is 31.8. The zero-order chi connectivity index (χ0) is 18.5. The fraction of sp³-hybridized carbons (Fsp3) is 0.800. The van der Waals surface area contributed by atoms with Crippen molar-refractivity contribution in [2.45, 2.75) is 30.7 Å². The lowest BCUT2D eigenvalue weighted by Gasteiger charge is -2.42. The monoisotopic (exact) mass is 394 g/mol. The predicted molar refractivity (Wildman–Crippen MR) is 75.5 cm³/mol. The molecule has 14 heteroatoms. The van der Waals surface area contributed by atoms with E-state index >= 15 is 0 Å². The minimum atomic E-state index is -5.06. The summed E-state index contributed by atoms with van der Waals surface area (Å²) in [6, 6.07) is 0. The summed E-state index contributed by atoms with van der Waals surface area (Å²) in [5, 5.41) is 9.86. The predicted octanol–water partition coefficient (Wildman–Crippen LogP) is -1.70. The Labute approximate surface area is 138 Å². The highest BCUT2D eigenvalue weighted by Gasteiger charge is 2.51. The molecule has 12 nitrogen and oxygen atoms in total. The number of rotatable bonds is 9. The zero-order valence-corrected chi connectivity index (χ0v) is 14.1. The van der Waals surface area contributed by atoms with Crippen molar-refractivity contribution in [3.05, 3.63) is 12.7 Å². The molecule has 0 saturated carbocycles. The maximum absolute atomic E-state index is 11.0. The fourth-order valence-corrected chi connectivity index (χ4v) is 3.06. The fourth-order valence-electron chi connectivity index (χ4n) is 2.06. The van der Waals surface area contributed by atoms with Crippen LogP contribution in [0.3, 0.4) is 0 Å². The molecule has 1 saturated heterocycles. The van der Waals surface area contributed by atoms with Gasteiger partial charge in [0, 0.05) is 7.11 Å². The molecule has 1 aliphatic heterocycles. The van der Waals surface area contributed by atoms with Gasteiger partial charge in [0.15, 0.2) is 12.4 Å². The number of hydrogen-bond donors (Lipinski definition) is 3. The van der Waals surface area contributed by atoms with Gasteiger partial charge in [-0.1, -0.05) is 6.08 Å². The Kier molecular flexibility index (Phi) is 7.67. The van der Waals surface area contributed by atoms with E-state index in [9.17, 15) is 21.9 Å². The van der Waals surface area contributed by atoms with E-state index in [4.69, 9.17) is 23.3 Å². The molecule has 0 amide bonds. The van der Waals surface area contributed by atoms with Crippen molar-refractivity contribution in [3.8, 4) is 0 Å². The van der Waals surface area contributed by atoms with E-state index in [1.807, 2.05) is 0 Å². The van der Waals surface area contributed by atoms with E-state index in [0.29, 0.717) is 0 Å². The van der Waals surface area contributed by atoms with Crippen molar-refractivity contribution in [3.63, 3.8) is 0 Å². The van der Waals surface area contributed by atoms with Crippen molar-refractivity contribution in [2.24, 2.45) is 0 Å². The zero-order valence-electron chi connectivity index (χ0n) is 12.4. The Morgan fingerprint density at radius 2 is 1.62 bits per heavy atom. The van der Waals surface area contributed by atoms with Gasteiger partial charge in [-0.2, -0.15) is 16.8 Å². The SMILES string of the molecule is C=CCO[C@@H]1[C@H](OS(=O)(=O)O)[C@@H](O)O[C@H](COC)[C@H]1OS(=O)(=O)O. The smallest absolute Gasteiger partial charge is 0.382 e. The molecule has 3 N–H and O–H groups in total. The third kappa shape index (κ3) is 6.67. The lowest BCUT2D eigenvalue weighted by molar-refractivity contribution is -0.283. The van der Waals surface area contributed by atoms with Crippen LogP contribution in [-0.4, -0.2) is 82.1 Å². The summed E-state index contributed by atoms with van der Waals surface area (Å²) < 4.78 is 85.2. The average molecular weight is 394 g/mol. The van der Waals surface area contributed by atoms with Crippen LogP contribution in [0.25, 0.3) is 0 Å². The Morgan fingerprint density at radius 1 is 1.08 bits per heavy atom. The molecule has 142 valence electrons. The van der Waals surface area contributed by atoms with Gasteiger partial charge >= 0.3 is 20.8 Å². The Bertz CT molecular complexity index is 614. The highest BCUT2D eigenvalue weighted by atomic mass is 32.3. The molecule has 1 fully saturated rings. The van der Waals surface area contributed by atoms with Gasteiger partial charge in [-0.3, -0.25) is 9.11 Å².